The Morgan fingerprint density at radius 2 is 1.94 bits per heavy atom. The molecular weight excluding hydrogens is 430 g/mol. The Morgan fingerprint density at radius 3 is 2.59 bits per heavy atom. The average molecular weight is 468 g/mol. The van der Waals surface area contributed by atoms with E-state index in [2.05, 4.69) is 35.6 Å². The van der Waals surface area contributed by atoms with Crippen molar-refractivity contribution in [3.8, 4) is 17.1 Å². The molecule has 0 bridgehead atoms. The molecule has 0 saturated heterocycles. The van der Waals surface area contributed by atoms with Gasteiger partial charge < -0.3 is 24.3 Å². The Kier molecular flexibility index (Phi) is 9.01. The maximum Gasteiger partial charge on any atom is 0.253 e. The van der Waals surface area contributed by atoms with Gasteiger partial charge in [-0.05, 0) is 44.6 Å². The zero-order chi connectivity index (χ0) is 24.7. The van der Waals surface area contributed by atoms with Gasteiger partial charge >= 0.3 is 0 Å². The smallest absolute Gasteiger partial charge is 0.253 e. The van der Waals surface area contributed by atoms with Gasteiger partial charge in [0.2, 0.25) is 0 Å². The molecule has 1 aromatic carbocycles. The number of methoxy groups -OCH3 is 2. The van der Waals surface area contributed by atoms with E-state index in [0.29, 0.717) is 17.7 Å². The van der Waals surface area contributed by atoms with Crippen molar-refractivity contribution in [3.05, 3.63) is 42.1 Å². The highest BCUT2D eigenvalue weighted by Gasteiger charge is 2.22. The number of benzene rings is 1. The molecule has 2 unspecified atom stereocenters. The van der Waals surface area contributed by atoms with Crippen LogP contribution in [0.25, 0.3) is 22.6 Å². The summed E-state index contributed by atoms with van der Waals surface area (Å²) in [6.45, 7) is 11.8. The molecule has 0 fully saturated rings. The number of likely N-dealkylation sites (N-methyl/N-ethyl adjacent to an activating group) is 1. The summed E-state index contributed by atoms with van der Waals surface area (Å²) < 4.78 is 12.8. The Labute approximate surface area is 202 Å². The van der Waals surface area contributed by atoms with Crippen LogP contribution in [0.4, 0.5) is 0 Å². The SMILES string of the molecule is CCC(COC)NC(=O)c1cnc2c(c1)nc(-c1cccc(OC)c1)n2C(C)CN(CC)CC. The molecule has 2 heterocycles. The highest BCUT2D eigenvalue weighted by atomic mass is 16.5. The third kappa shape index (κ3) is 5.74. The lowest BCUT2D eigenvalue weighted by Gasteiger charge is -2.25. The number of carbonyl (C=O) groups excluding carboxylic acids is 1. The molecule has 3 rings (SSSR count). The van der Waals surface area contributed by atoms with Gasteiger partial charge in [0, 0.05) is 31.5 Å². The molecule has 8 heteroatoms. The summed E-state index contributed by atoms with van der Waals surface area (Å²) in [6, 6.07) is 9.78. The van der Waals surface area contributed by atoms with E-state index in [4.69, 9.17) is 19.4 Å². The molecular formula is C26H37N5O3. The first kappa shape index (κ1) is 25.6. The summed E-state index contributed by atoms with van der Waals surface area (Å²) in [6.07, 6.45) is 2.42. The van der Waals surface area contributed by atoms with E-state index in [0.717, 1.165) is 48.8 Å². The van der Waals surface area contributed by atoms with E-state index < -0.39 is 0 Å². The van der Waals surface area contributed by atoms with Crippen molar-refractivity contribution in [2.45, 2.75) is 46.2 Å². The van der Waals surface area contributed by atoms with Crippen LogP contribution in [0.5, 0.6) is 5.75 Å². The number of nitrogens with zero attached hydrogens (tertiary/aromatic N) is 4. The van der Waals surface area contributed by atoms with Gasteiger partial charge in [-0.15, -0.1) is 0 Å². The number of ether oxygens (including phenoxy) is 2. The molecule has 1 amide bonds. The number of fused-ring (bicyclic) bond motifs is 1. The Balaban J connectivity index is 2.06. The molecule has 2 aromatic heterocycles. The molecule has 0 saturated carbocycles. The second kappa shape index (κ2) is 11.9. The Morgan fingerprint density at radius 1 is 1.18 bits per heavy atom. The van der Waals surface area contributed by atoms with Crippen molar-refractivity contribution >= 4 is 17.1 Å². The van der Waals surface area contributed by atoms with Gasteiger partial charge in [0.25, 0.3) is 5.91 Å². The monoisotopic (exact) mass is 467 g/mol. The topological polar surface area (TPSA) is 81.5 Å². The molecule has 0 aliphatic rings. The predicted molar refractivity (Wildman–Crippen MR) is 135 cm³/mol. The van der Waals surface area contributed by atoms with Crippen LogP contribution >= 0.6 is 0 Å². The summed E-state index contributed by atoms with van der Waals surface area (Å²) in [7, 11) is 3.29. The van der Waals surface area contributed by atoms with Crippen LogP contribution in [0.15, 0.2) is 36.5 Å². The molecule has 0 radical (unpaired) electrons. The third-order valence-electron chi connectivity index (χ3n) is 6.17. The number of hydrogen-bond acceptors (Lipinski definition) is 6. The maximum absolute atomic E-state index is 12.9. The lowest BCUT2D eigenvalue weighted by Crippen LogP contribution is -2.37. The van der Waals surface area contributed by atoms with E-state index in [-0.39, 0.29) is 18.0 Å². The number of hydrogen-bond donors (Lipinski definition) is 1. The first-order valence-electron chi connectivity index (χ1n) is 12.0. The quantitative estimate of drug-likeness (QED) is 0.431. The molecule has 3 aromatic rings. The molecule has 8 nitrogen and oxygen atoms in total. The van der Waals surface area contributed by atoms with Crippen LogP contribution in [-0.2, 0) is 4.74 Å². The lowest BCUT2D eigenvalue weighted by molar-refractivity contribution is 0.0894. The minimum atomic E-state index is -0.174. The van der Waals surface area contributed by atoms with Gasteiger partial charge in [-0.2, -0.15) is 0 Å². The Hall–Kier alpha value is -2.97. The summed E-state index contributed by atoms with van der Waals surface area (Å²) in [5.74, 6) is 1.40. The number of aromatic nitrogens is 3. The predicted octanol–water partition coefficient (Wildman–Crippen LogP) is 4.16. The van der Waals surface area contributed by atoms with Gasteiger partial charge in [0.05, 0.1) is 25.3 Å². The molecule has 0 aliphatic heterocycles. The Bertz CT molecular complexity index is 1090. The van der Waals surface area contributed by atoms with Gasteiger partial charge in [0.1, 0.15) is 17.1 Å². The largest absolute Gasteiger partial charge is 0.497 e. The van der Waals surface area contributed by atoms with Crippen molar-refractivity contribution in [2.24, 2.45) is 0 Å². The third-order valence-corrected chi connectivity index (χ3v) is 6.17. The highest BCUT2D eigenvalue weighted by Crippen LogP contribution is 2.30. The van der Waals surface area contributed by atoms with Gasteiger partial charge in [-0.3, -0.25) is 4.79 Å². The van der Waals surface area contributed by atoms with Gasteiger partial charge in [-0.25, -0.2) is 9.97 Å². The zero-order valence-electron chi connectivity index (χ0n) is 21.2. The summed E-state index contributed by atoms with van der Waals surface area (Å²) in [5, 5.41) is 3.02. The first-order valence-corrected chi connectivity index (χ1v) is 12.0. The normalized spacial score (nSPS) is 13.3. The minimum Gasteiger partial charge on any atom is -0.497 e. The van der Waals surface area contributed by atoms with Crippen LogP contribution in [0.3, 0.4) is 0 Å². The number of imidazole rings is 1. The van der Waals surface area contributed by atoms with Crippen molar-refractivity contribution < 1.29 is 14.3 Å². The highest BCUT2D eigenvalue weighted by molar-refractivity contribution is 5.97. The molecule has 1 N–H and O–H groups in total. The standard InChI is InChI=1S/C26H37N5O3/c1-7-21(17-33-5)28-26(32)20-14-23-25(27-15-20)31(18(4)16-30(8-2)9-3)24(29-23)19-11-10-12-22(13-19)34-6/h10-15,18,21H,7-9,16-17H2,1-6H3,(H,28,32). The van der Waals surface area contributed by atoms with Crippen LogP contribution in [-0.4, -0.2) is 71.8 Å². The van der Waals surface area contributed by atoms with E-state index >= 15 is 0 Å². The zero-order valence-corrected chi connectivity index (χ0v) is 21.2. The van der Waals surface area contributed by atoms with E-state index in [1.54, 1.807) is 20.4 Å². The van der Waals surface area contributed by atoms with Crippen LogP contribution in [0.2, 0.25) is 0 Å². The van der Waals surface area contributed by atoms with Crippen LogP contribution < -0.4 is 10.1 Å². The molecule has 34 heavy (non-hydrogen) atoms. The number of rotatable bonds is 12. The van der Waals surface area contributed by atoms with Crippen molar-refractivity contribution in [1.82, 2.24) is 24.8 Å². The fourth-order valence-corrected chi connectivity index (χ4v) is 4.16. The van der Waals surface area contributed by atoms with E-state index in [9.17, 15) is 4.79 Å². The fourth-order valence-electron chi connectivity index (χ4n) is 4.16. The fraction of sp³-hybridized carbons (Fsp3) is 0.500. The maximum atomic E-state index is 12.9. The number of carbonyl (C=O) groups is 1. The summed E-state index contributed by atoms with van der Waals surface area (Å²) in [4.78, 5) is 24.9. The molecule has 2 atom stereocenters. The van der Waals surface area contributed by atoms with E-state index in [1.165, 1.54) is 0 Å². The van der Waals surface area contributed by atoms with Crippen molar-refractivity contribution in [1.29, 1.82) is 0 Å². The van der Waals surface area contributed by atoms with Crippen molar-refractivity contribution in [3.63, 3.8) is 0 Å². The minimum absolute atomic E-state index is 0.0489. The number of amides is 1. The van der Waals surface area contributed by atoms with E-state index in [1.807, 2.05) is 37.3 Å². The molecule has 0 aliphatic carbocycles. The van der Waals surface area contributed by atoms with Crippen LogP contribution in [0.1, 0.15) is 50.5 Å². The molecule has 184 valence electrons. The van der Waals surface area contributed by atoms with Gasteiger partial charge in [-0.1, -0.05) is 32.9 Å². The second-order valence-corrected chi connectivity index (χ2v) is 8.47. The first-order chi connectivity index (χ1) is 16.4. The average Bonchev–Trinajstić information content (AvgIpc) is 3.25. The summed E-state index contributed by atoms with van der Waals surface area (Å²) >= 11 is 0. The van der Waals surface area contributed by atoms with Gasteiger partial charge in [0.15, 0.2) is 5.65 Å². The lowest BCUT2D eigenvalue weighted by atomic mass is 10.2. The second-order valence-electron chi connectivity index (χ2n) is 8.47. The molecule has 0 spiro atoms. The number of nitrogens with one attached hydrogen (secondary N) is 1. The number of pyridine rings is 1. The van der Waals surface area contributed by atoms with Crippen molar-refractivity contribution in [2.75, 3.05) is 40.5 Å². The summed E-state index contributed by atoms with van der Waals surface area (Å²) in [5.41, 5.74) is 2.88. The van der Waals surface area contributed by atoms with Crippen LogP contribution in [0, 0.1) is 0 Å².